The quantitative estimate of drug-likeness (QED) is 0.602. The standard InChI is InChI=1S/C14H16N2O3/c1-4-19-14(17)13(9-15)10(2)16-11-5-7-12(18-3)8-6-11/h5-8,13H,4H2,1-3H3. The summed E-state index contributed by atoms with van der Waals surface area (Å²) in [7, 11) is 1.58. The number of hydrogen-bond donors (Lipinski definition) is 0. The lowest BCUT2D eigenvalue weighted by Crippen LogP contribution is -2.22. The van der Waals surface area contributed by atoms with Crippen LogP contribution in [0.5, 0.6) is 5.75 Å². The predicted molar refractivity (Wildman–Crippen MR) is 71.5 cm³/mol. The molecule has 1 aromatic rings. The molecule has 5 heteroatoms. The second-order valence-corrected chi connectivity index (χ2v) is 3.77. The highest BCUT2D eigenvalue weighted by molar-refractivity contribution is 6.04. The first-order chi connectivity index (χ1) is 9.12. The molecule has 1 rings (SSSR count). The Hall–Kier alpha value is -2.35. The Bertz CT molecular complexity index is 500. The zero-order valence-corrected chi connectivity index (χ0v) is 11.2. The zero-order chi connectivity index (χ0) is 14.3. The fourth-order valence-electron chi connectivity index (χ4n) is 1.47. The summed E-state index contributed by atoms with van der Waals surface area (Å²) in [5, 5.41) is 9.00. The third kappa shape index (κ3) is 4.11. The first kappa shape index (κ1) is 14.7. The molecular formula is C14H16N2O3. The zero-order valence-electron chi connectivity index (χ0n) is 11.2. The molecule has 0 aliphatic rings. The molecule has 19 heavy (non-hydrogen) atoms. The van der Waals surface area contributed by atoms with Gasteiger partial charge in [0.15, 0.2) is 5.92 Å². The number of esters is 1. The summed E-state index contributed by atoms with van der Waals surface area (Å²) in [5.74, 6) is -0.819. The van der Waals surface area contributed by atoms with Gasteiger partial charge < -0.3 is 9.47 Å². The molecule has 0 fully saturated rings. The number of nitrogens with zero attached hydrogens (tertiary/aromatic N) is 2. The van der Waals surface area contributed by atoms with Gasteiger partial charge >= 0.3 is 5.97 Å². The number of carbonyl (C=O) groups excluding carboxylic acids is 1. The van der Waals surface area contributed by atoms with E-state index >= 15 is 0 Å². The molecule has 0 aromatic heterocycles. The maximum absolute atomic E-state index is 11.6. The number of rotatable bonds is 5. The highest BCUT2D eigenvalue weighted by Gasteiger charge is 2.22. The molecule has 0 bridgehead atoms. The molecule has 100 valence electrons. The van der Waals surface area contributed by atoms with Gasteiger partial charge in [-0.2, -0.15) is 5.26 Å². The van der Waals surface area contributed by atoms with Crippen LogP contribution in [0, 0.1) is 17.2 Å². The minimum Gasteiger partial charge on any atom is -0.497 e. The Morgan fingerprint density at radius 3 is 2.53 bits per heavy atom. The molecule has 0 aliphatic heterocycles. The van der Waals surface area contributed by atoms with Crippen molar-refractivity contribution in [2.24, 2.45) is 10.9 Å². The molecule has 0 aliphatic carbocycles. The largest absolute Gasteiger partial charge is 0.497 e. The first-order valence-corrected chi connectivity index (χ1v) is 5.87. The van der Waals surface area contributed by atoms with Gasteiger partial charge in [-0.15, -0.1) is 0 Å². The van der Waals surface area contributed by atoms with E-state index in [4.69, 9.17) is 14.7 Å². The van der Waals surface area contributed by atoms with Gasteiger partial charge in [-0.05, 0) is 38.1 Å². The summed E-state index contributed by atoms with van der Waals surface area (Å²) >= 11 is 0. The van der Waals surface area contributed by atoms with E-state index in [0.717, 1.165) is 5.75 Å². The molecule has 0 heterocycles. The van der Waals surface area contributed by atoms with Crippen LogP contribution in [0.25, 0.3) is 0 Å². The normalized spacial score (nSPS) is 12.4. The molecule has 1 atom stereocenters. The van der Waals surface area contributed by atoms with Crippen LogP contribution in [0.3, 0.4) is 0 Å². The van der Waals surface area contributed by atoms with Crippen LogP contribution >= 0.6 is 0 Å². The van der Waals surface area contributed by atoms with Gasteiger partial charge in [0, 0.05) is 5.71 Å². The number of carbonyl (C=O) groups is 1. The van der Waals surface area contributed by atoms with Crippen molar-refractivity contribution < 1.29 is 14.3 Å². The van der Waals surface area contributed by atoms with Gasteiger partial charge in [0.2, 0.25) is 0 Å². The molecule has 0 saturated heterocycles. The van der Waals surface area contributed by atoms with Crippen molar-refractivity contribution in [1.29, 1.82) is 5.26 Å². The maximum atomic E-state index is 11.6. The van der Waals surface area contributed by atoms with Crippen LogP contribution in [0.2, 0.25) is 0 Å². The van der Waals surface area contributed by atoms with Crippen LogP contribution in [-0.2, 0) is 9.53 Å². The highest BCUT2D eigenvalue weighted by Crippen LogP contribution is 2.19. The Labute approximate surface area is 112 Å². The SMILES string of the molecule is CCOC(=O)C(C#N)C(C)=Nc1ccc(OC)cc1. The third-order valence-electron chi connectivity index (χ3n) is 2.45. The molecule has 1 aromatic carbocycles. The highest BCUT2D eigenvalue weighted by atomic mass is 16.5. The predicted octanol–water partition coefficient (Wildman–Crippen LogP) is 2.49. The van der Waals surface area contributed by atoms with E-state index in [1.165, 1.54) is 0 Å². The van der Waals surface area contributed by atoms with Crippen molar-refractivity contribution in [3.8, 4) is 11.8 Å². The minimum absolute atomic E-state index is 0.243. The summed E-state index contributed by atoms with van der Waals surface area (Å²) in [6.45, 7) is 3.57. The summed E-state index contributed by atoms with van der Waals surface area (Å²) < 4.78 is 9.87. The average molecular weight is 260 g/mol. The van der Waals surface area contributed by atoms with Crippen molar-refractivity contribution >= 4 is 17.4 Å². The van der Waals surface area contributed by atoms with Crippen molar-refractivity contribution in [3.63, 3.8) is 0 Å². The van der Waals surface area contributed by atoms with Gasteiger partial charge in [0.25, 0.3) is 0 Å². The second kappa shape index (κ2) is 7.17. The molecule has 0 spiro atoms. The topological polar surface area (TPSA) is 71.7 Å². The van der Waals surface area contributed by atoms with Gasteiger partial charge in [0.1, 0.15) is 5.75 Å². The van der Waals surface area contributed by atoms with Gasteiger partial charge in [-0.25, -0.2) is 0 Å². The van der Waals surface area contributed by atoms with E-state index in [1.807, 2.05) is 6.07 Å². The lowest BCUT2D eigenvalue weighted by atomic mass is 10.1. The minimum atomic E-state index is -0.970. The summed E-state index contributed by atoms with van der Waals surface area (Å²) in [5.41, 5.74) is 1.06. The van der Waals surface area contributed by atoms with E-state index in [-0.39, 0.29) is 6.61 Å². The van der Waals surface area contributed by atoms with Crippen molar-refractivity contribution in [1.82, 2.24) is 0 Å². The van der Waals surface area contributed by atoms with Crippen LogP contribution in [0.1, 0.15) is 13.8 Å². The fourth-order valence-corrected chi connectivity index (χ4v) is 1.47. The van der Waals surface area contributed by atoms with E-state index in [1.54, 1.807) is 45.2 Å². The van der Waals surface area contributed by atoms with Crippen molar-refractivity contribution in [2.45, 2.75) is 13.8 Å². The number of hydrogen-bond acceptors (Lipinski definition) is 5. The van der Waals surface area contributed by atoms with Crippen LogP contribution in [-0.4, -0.2) is 25.4 Å². The monoisotopic (exact) mass is 260 g/mol. The van der Waals surface area contributed by atoms with Gasteiger partial charge in [-0.3, -0.25) is 9.79 Å². The molecule has 0 saturated carbocycles. The Morgan fingerprint density at radius 1 is 1.42 bits per heavy atom. The number of methoxy groups -OCH3 is 1. The van der Waals surface area contributed by atoms with Gasteiger partial charge in [-0.1, -0.05) is 0 Å². The number of aliphatic imine (C=N–C) groups is 1. The summed E-state index contributed by atoms with van der Waals surface area (Å²) in [6, 6.07) is 8.93. The first-order valence-electron chi connectivity index (χ1n) is 5.87. The average Bonchev–Trinajstić information content (AvgIpc) is 2.40. The fraction of sp³-hybridized carbons (Fsp3) is 0.357. The Morgan fingerprint density at radius 2 is 2.05 bits per heavy atom. The molecule has 0 N–H and O–H groups in total. The lowest BCUT2D eigenvalue weighted by Gasteiger charge is -2.08. The van der Waals surface area contributed by atoms with E-state index in [0.29, 0.717) is 11.4 Å². The summed E-state index contributed by atoms with van der Waals surface area (Å²) in [6.07, 6.45) is 0. The Balaban J connectivity index is 2.89. The number of nitriles is 1. The molecule has 5 nitrogen and oxygen atoms in total. The lowest BCUT2D eigenvalue weighted by molar-refractivity contribution is -0.143. The molecule has 0 amide bonds. The molecular weight excluding hydrogens is 244 g/mol. The van der Waals surface area contributed by atoms with Crippen LogP contribution < -0.4 is 4.74 Å². The molecule has 0 radical (unpaired) electrons. The van der Waals surface area contributed by atoms with Gasteiger partial charge in [0.05, 0.1) is 25.5 Å². The smallest absolute Gasteiger partial charge is 0.329 e. The van der Waals surface area contributed by atoms with Crippen LogP contribution in [0.4, 0.5) is 5.69 Å². The number of benzene rings is 1. The Kier molecular flexibility index (Phi) is 5.55. The van der Waals surface area contributed by atoms with E-state index in [2.05, 4.69) is 4.99 Å². The van der Waals surface area contributed by atoms with E-state index in [9.17, 15) is 4.79 Å². The molecule has 1 unspecified atom stereocenters. The maximum Gasteiger partial charge on any atom is 0.329 e. The van der Waals surface area contributed by atoms with E-state index < -0.39 is 11.9 Å². The van der Waals surface area contributed by atoms with Crippen molar-refractivity contribution in [3.05, 3.63) is 24.3 Å². The third-order valence-corrected chi connectivity index (χ3v) is 2.45. The number of ether oxygens (including phenoxy) is 2. The second-order valence-electron chi connectivity index (χ2n) is 3.77. The summed E-state index contributed by atoms with van der Waals surface area (Å²) in [4.78, 5) is 15.8. The van der Waals surface area contributed by atoms with Crippen molar-refractivity contribution in [2.75, 3.05) is 13.7 Å². The van der Waals surface area contributed by atoms with Crippen LogP contribution in [0.15, 0.2) is 29.3 Å².